The van der Waals surface area contributed by atoms with E-state index in [4.69, 9.17) is 10.00 Å². The summed E-state index contributed by atoms with van der Waals surface area (Å²) in [6.07, 6.45) is 0. The quantitative estimate of drug-likeness (QED) is 0.894. The fraction of sp³-hybridized carbons (Fsp3) is 0.235. The number of ether oxygens (including phenoxy) is 1. The largest absolute Gasteiger partial charge is 0.478 e. The highest BCUT2D eigenvalue weighted by Gasteiger charge is 2.03. The molecule has 0 atom stereocenters. The summed E-state index contributed by atoms with van der Waals surface area (Å²) < 4.78 is 5.42. The van der Waals surface area contributed by atoms with Crippen molar-refractivity contribution in [2.75, 3.05) is 11.9 Å². The molecule has 0 bridgehead atoms. The number of hydrogen-bond donors (Lipinski definition) is 1. The van der Waals surface area contributed by atoms with Crippen LogP contribution in [-0.2, 0) is 6.54 Å². The number of nitrogens with one attached hydrogen (secondary N) is 1. The number of hydrogen-bond acceptors (Lipinski definition) is 3. The zero-order chi connectivity index (χ0) is 14.4. The van der Waals surface area contributed by atoms with Crippen LogP contribution < -0.4 is 10.1 Å². The van der Waals surface area contributed by atoms with Gasteiger partial charge in [-0.05, 0) is 43.2 Å². The van der Waals surface area contributed by atoms with E-state index in [0.29, 0.717) is 6.54 Å². The first kappa shape index (κ1) is 14.0. The highest BCUT2D eigenvalue weighted by molar-refractivity contribution is 5.49. The number of nitrogens with zero attached hydrogens (tertiary/aromatic N) is 1. The summed E-state index contributed by atoms with van der Waals surface area (Å²) in [4.78, 5) is 0. The Bertz CT molecular complexity index is 609. The average molecular weight is 266 g/mol. The van der Waals surface area contributed by atoms with E-state index in [1.807, 2.05) is 30.3 Å². The lowest BCUT2D eigenvalue weighted by atomic mass is 10.1. The van der Waals surface area contributed by atoms with Crippen molar-refractivity contribution >= 4 is 5.69 Å². The van der Waals surface area contributed by atoms with Gasteiger partial charge in [0, 0.05) is 17.8 Å². The van der Waals surface area contributed by atoms with Crippen molar-refractivity contribution in [1.29, 1.82) is 5.26 Å². The Morgan fingerprint density at radius 1 is 1.10 bits per heavy atom. The van der Waals surface area contributed by atoms with Gasteiger partial charge in [0.25, 0.3) is 0 Å². The first-order valence-electron chi connectivity index (χ1n) is 6.59. The van der Waals surface area contributed by atoms with Gasteiger partial charge in [0.15, 0.2) is 6.61 Å². The summed E-state index contributed by atoms with van der Waals surface area (Å²) >= 11 is 0. The van der Waals surface area contributed by atoms with E-state index in [-0.39, 0.29) is 6.61 Å². The highest BCUT2D eigenvalue weighted by Crippen LogP contribution is 2.20. The third kappa shape index (κ3) is 3.76. The molecule has 0 heterocycles. The fourth-order valence-corrected chi connectivity index (χ4v) is 2.17. The Labute approximate surface area is 119 Å². The van der Waals surface area contributed by atoms with Crippen LogP contribution in [0.15, 0.2) is 42.5 Å². The Hall–Kier alpha value is -2.47. The summed E-state index contributed by atoms with van der Waals surface area (Å²) in [5.74, 6) is 0.755. The maximum atomic E-state index is 8.60. The minimum atomic E-state index is 0.0700. The molecule has 1 N–H and O–H groups in total. The maximum Gasteiger partial charge on any atom is 0.174 e. The third-order valence-corrected chi connectivity index (χ3v) is 2.97. The molecule has 102 valence electrons. The van der Waals surface area contributed by atoms with E-state index in [0.717, 1.165) is 17.0 Å². The average Bonchev–Trinajstić information content (AvgIpc) is 2.43. The third-order valence-electron chi connectivity index (χ3n) is 2.97. The molecule has 2 aromatic rings. The molecular weight excluding hydrogens is 248 g/mol. The van der Waals surface area contributed by atoms with Gasteiger partial charge < -0.3 is 10.1 Å². The van der Waals surface area contributed by atoms with Crippen molar-refractivity contribution in [2.45, 2.75) is 20.4 Å². The lowest BCUT2D eigenvalue weighted by Gasteiger charge is -2.12. The second-order valence-corrected chi connectivity index (χ2v) is 4.78. The van der Waals surface area contributed by atoms with Crippen molar-refractivity contribution in [3.63, 3.8) is 0 Å². The van der Waals surface area contributed by atoms with Gasteiger partial charge >= 0.3 is 0 Å². The fourth-order valence-electron chi connectivity index (χ4n) is 2.17. The zero-order valence-electron chi connectivity index (χ0n) is 11.8. The molecule has 2 aromatic carbocycles. The molecular formula is C17H18N2O. The molecule has 0 fully saturated rings. The maximum absolute atomic E-state index is 8.60. The number of benzene rings is 2. The Morgan fingerprint density at radius 2 is 1.80 bits per heavy atom. The molecule has 3 heteroatoms. The minimum Gasteiger partial charge on any atom is -0.478 e. The van der Waals surface area contributed by atoms with Crippen LogP contribution >= 0.6 is 0 Å². The van der Waals surface area contributed by atoms with Crippen molar-refractivity contribution in [3.8, 4) is 11.8 Å². The second-order valence-electron chi connectivity index (χ2n) is 4.78. The summed E-state index contributed by atoms with van der Waals surface area (Å²) in [7, 11) is 0. The molecule has 0 aliphatic rings. The summed E-state index contributed by atoms with van der Waals surface area (Å²) in [6.45, 7) is 4.91. The molecule has 20 heavy (non-hydrogen) atoms. The molecule has 0 saturated carbocycles. The molecule has 2 rings (SSSR count). The number of aryl methyl sites for hydroxylation is 2. The van der Waals surface area contributed by atoms with E-state index >= 15 is 0 Å². The molecule has 0 radical (unpaired) electrons. The first-order valence-corrected chi connectivity index (χ1v) is 6.59. The molecule has 0 aromatic heterocycles. The summed E-state index contributed by atoms with van der Waals surface area (Å²) in [5, 5.41) is 12.0. The Balaban J connectivity index is 2.08. The van der Waals surface area contributed by atoms with Gasteiger partial charge in [-0.15, -0.1) is 0 Å². The van der Waals surface area contributed by atoms with Crippen LogP contribution in [0, 0.1) is 25.2 Å². The van der Waals surface area contributed by atoms with Crippen LogP contribution in [0.25, 0.3) is 0 Å². The number of anilines is 1. The van der Waals surface area contributed by atoms with Crippen LogP contribution in [0.2, 0.25) is 0 Å². The lowest BCUT2D eigenvalue weighted by molar-refractivity contribution is 0.364. The lowest BCUT2D eigenvalue weighted by Crippen LogP contribution is -2.04. The second kappa shape index (κ2) is 6.63. The smallest absolute Gasteiger partial charge is 0.174 e. The van der Waals surface area contributed by atoms with Crippen LogP contribution in [0.5, 0.6) is 5.75 Å². The van der Waals surface area contributed by atoms with Gasteiger partial charge in [-0.3, -0.25) is 0 Å². The number of rotatable bonds is 5. The molecule has 0 saturated heterocycles. The molecule has 0 unspecified atom stereocenters. The van der Waals surface area contributed by atoms with Crippen LogP contribution in [0.4, 0.5) is 5.69 Å². The normalized spacial score (nSPS) is 9.85. The van der Waals surface area contributed by atoms with Crippen LogP contribution in [0.1, 0.15) is 16.7 Å². The Morgan fingerprint density at radius 3 is 2.50 bits per heavy atom. The highest BCUT2D eigenvalue weighted by atomic mass is 16.5. The van der Waals surface area contributed by atoms with Crippen molar-refractivity contribution in [2.24, 2.45) is 0 Å². The minimum absolute atomic E-state index is 0.0700. The SMILES string of the molecule is Cc1cc(C)cc(NCc2ccccc2OCC#N)c1. The molecule has 0 spiro atoms. The molecule has 0 amide bonds. The predicted octanol–water partition coefficient (Wildman–Crippen LogP) is 3.82. The van der Waals surface area contributed by atoms with Crippen molar-refractivity contribution in [1.82, 2.24) is 0 Å². The van der Waals surface area contributed by atoms with Crippen LogP contribution in [0.3, 0.4) is 0 Å². The zero-order valence-corrected chi connectivity index (χ0v) is 11.8. The van der Waals surface area contributed by atoms with E-state index in [9.17, 15) is 0 Å². The molecule has 0 aliphatic heterocycles. The van der Waals surface area contributed by atoms with E-state index < -0.39 is 0 Å². The summed E-state index contributed by atoms with van der Waals surface area (Å²) in [6, 6.07) is 16.1. The number of nitriles is 1. The summed E-state index contributed by atoms with van der Waals surface area (Å²) in [5.41, 5.74) is 4.61. The van der Waals surface area contributed by atoms with Crippen molar-refractivity contribution in [3.05, 3.63) is 59.2 Å². The van der Waals surface area contributed by atoms with E-state index in [2.05, 4.69) is 37.4 Å². The number of para-hydroxylation sites is 1. The first-order chi connectivity index (χ1) is 9.69. The van der Waals surface area contributed by atoms with Gasteiger partial charge in [-0.2, -0.15) is 5.26 Å². The Kier molecular flexibility index (Phi) is 4.62. The van der Waals surface area contributed by atoms with Gasteiger partial charge in [0.2, 0.25) is 0 Å². The van der Waals surface area contributed by atoms with Gasteiger partial charge in [-0.25, -0.2) is 0 Å². The van der Waals surface area contributed by atoms with Crippen LogP contribution in [-0.4, -0.2) is 6.61 Å². The molecule has 0 aliphatic carbocycles. The van der Waals surface area contributed by atoms with E-state index in [1.165, 1.54) is 11.1 Å². The van der Waals surface area contributed by atoms with Crippen molar-refractivity contribution < 1.29 is 4.74 Å². The van der Waals surface area contributed by atoms with Gasteiger partial charge in [0.1, 0.15) is 11.8 Å². The molecule has 3 nitrogen and oxygen atoms in total. The van der Waals surface area contributed by atoms with Gasteiger partial charge in [0.05, 0.1) is 0 Å². The topological polar surface area (TPSA) is 45.0 Å². The standard InChI is InChI=1S/C17H18N2O/c1-13-9-14(2)11-16(10-13)19-12-15-5-3-4-6-17(15)20-8-7-18/h3-6,9-11,19H,8,12H2,1-2H3. The monoisotopic (exact) mass is 266 g/mol. The predicted molar refractivity (Wildman–Crippen MR) is 80.8 cm³/mol. The van der Waals surface area contributed by atoms with Gasteiger partial charge in [-0.1, -0.05) is 24.3 Å². The van der Waals surface area contributed by atoms with E-state index in [1.54, 1.807) is 0 Å².